The number of aliphatic hydroxyl groups excluding tert-OH is 1. The minimum atomic E-state index is -0.881. The van der Waals surface area contributed by atoms with E-state index in [1.807, 2.05) is 0 Å². The summed E-state index contributed by atoms with van der Waals surface area (Å²) in [5.74, 6) is -2.46. The van der Waals surface area contributed by atoms with E-state index in [2.05, 4.69) is 10.6 Å². The van der Waals surface area contributed by atoms with Gasteiger partial charge in [-0.15, -0.1) is 0 Å². The van der Waals surface area contributed by atoms with E-state index < -0.39 is 29.7 Å². The summed E-state index contributed by atoms with van der Waals surface area (Å²) in [6, 6.07) is 5.42. The second-order valence-electron chi connectivity index (χ2n) is 7.36. The Bertz CT molecular complexity index is 983. The Morgan fingerprint density at radius 2 is 1.97 bits per heavy atom. The second kappa shape index (κ2) is 9.49. The lowest BCUT2D eigenvalue weighted by molar-refractivity contribution is 0.102. The van der Waals surface area contributed by atoms with Crippen molar-refractivity contribution in [1.82, 2.24) is 4.90 Å². The number of carbonyl (C=O) groups excluding carboxylic acids is 2. The Kier molecular flexibility index (Phi) is 6.97. The lowest BCUT2D eigenvalue weighted by Gasteiger charge is -2.19. The summed E-state index contributed by atoms with van der Waals surface area (Å²) in [5.41, 5.74) is -0.627. The molecule has 0 aromatic heterocycles. The van der Waals surface area contributed by atoms with Crippen molar-refractivity contribution in [1.29, 1.82) is 0 Å². The van der Waals surface area contributed by atoms with E-state index in [1.165, 1.54) is 23.1 Å². The van der Waals surface area contributed by atoms with Crippen molar-refractivity contribution in [2.24, 2.45) is 0 Å². The van der Waals surface area contributed by atoms with Crippen molar-refractivity contribution < 1.29 is 28.2 Å². The summed E-state index contributed by atoms with van der Waals surface area (Å²) in [4.78, 5) is 26.4. The van der Waals surface area contributed by atoms with Crippen molar-refractivity contribution in [2.45, 2.75) is 32.5 Å². The van der Waals surface area contributed by atoms with E-state index in [0.29, 0.717) is 13.0 Å². The highest BCUT2D eigenvalue weighted by Gasteiger charge is 2.26. The number of nitrogens with one attached hydrogen (secondary N) is 2. The summed E-state index contributed by atoms with van der Waals surface area (Å²) in [6.45, 7) is 3.91. The minimum Gasteiger partial charge on any atom is -0.490 e. The summed E-state index contributed by atoms with van der Waals surface area (Å²) < 4.78 is 34.4. The molecule has 3 amide bonds. The molecule has 0 radical (unpaired) electrons. The van der Waals surface area contributed by atoms with Crippen LogP contribution in [0.1, 0.15) is 30.6 Å². The van der Waals surface area contributed by atoms with E-state index in [4.69, 9.17) is 16.3 Å². The van der Waals surface area contributed by atoms with Gasteiger partial charge in [0.05, 0.1) is 34.2 Å². The maximum absolute atomic E-state index is 14.7. The Balaban J connectivity index is 1.88. The van der Waals surface area contributed by atoms with Crippen LogP contribution >= 0.6 is 11.6 Å². The van der Waals surface area contributed by atoms with Crippen molar-refractivity contribution in [3.63, 3.8) is 0 Å². The van der Waals surface area contributed by atoms with E-state index in [9.17, 15) is 23.5 Å². The van der Waals surface area contributed by atoms with Gasteiger partial charge in [0.15, 0.2) is 0 Å². The number of nitrogens with zero attached hydrogens (tertiary/aromatic N) is 1. The van der Waals surface area contributed by atoms with Crippen molar-refractivity contribution in [2.75, 3.05) is 23.7 Å². The monoisotopic (exact) mass is 453 g/mol. The van der Waals surface area contributed by atoms with Gasteiger partial charge in [0.2, 0.25) is 0 Å². The van der Waals surface area contributed by atoms with Crippen LogP contribution < -0.4 is 15.4 Å². The van der Waals surface area contributed by atoms with Gasteiger partial charge in [0.25, 0.3) is 5.91 Å². The van der Waals surface area contributed by atoms with E-state index >= 15 is 0 Å². The molecule has 1 aliphatic heterocycles. The number of amides is 3. The fraction of sp³-hybridized carbons (Fsp3) is 0.333. The molecule has 0 bridgehead atoms. The Hall–Kier alpha value is -2.91. The quantitative estimate of drug-likeness (QED) is 0.631. The molecule has 1 atom stereocenters. The molecular weight excluding hydrogens is 432 g/mol. The molecule has 166 valence electrons. The summed E-state index contributed by atoms with van der Waals surface area (Å²) in [6.07, 6.45) is -0.548. The lowest BCUT2D eigenvalue weighted by atomic mass is 10.1. The molecule has 10 heteroatoms. The standard InChI is InChI=1S/C21H22ClF2N3O4/c1-11(2)31-18-9-17(25-21(30)27-7-6-12(28)10-27)16(24)8-13(18)20(29)26-19-14(22)4-3-5-15(19)23/h3-5,8-9,11-12,28H,6-7,10H2,1-2H3,(H,25,30)(H,26,29). The van der Waals surface area contributed by atoms with Crippen LogP contribution in [0.4, 0.5) is 25.0 Å². The molecule has 1 aliphatic rings. The number of benzene rings is 2. The maximum atomic E-state index is 14.7. The minimum absolute atomic E-state index is 0.00174. The Morgan fingerprint density at radius 1 is 1.23 bits per heavy atom. The van der Waals surface area contributed by atoms with Gasteiger partial charge in [0.1, 0.15) is 17.4 Å². The van der Waals surface area contributed by atoms with Crippen molar-refractivity contribution >= 4 is 34.9 Å². The number of urea groups is 1. The zero-order chi connectivity index (χ0) is 22.7. The number of hydrogen-bond acceptors (Lipinski definition) is 4. The molecule has 1 fully saturated rings. The number of ether oxygens (including phenoxy) is 1. The van der Waals surface area contributed by atoms with Crippen LogP contribution in [0.3, 0.4) is 0 Å². The molecule has 31 heavy (non-hydrogen) atoms. The number of carbonyl (C=O) groups is 2. The SMILES string of the molecule is CC(C)Oc1cc(NC(=O)N2CCC(O)C2)c(F)cc1C(=O)Nc1c(F)cccc1Cl. The molecule has 1 saturated heterocycles. The summed E-state index contributed by atoms with van der Waals surface area (Å²) >= 11 is 5.94. The Labute approximate surface area is 182 Å². The van der Waals surface area contributed by atoms with Gasteiger partial charge < -0.3 is 25.4 Å². The highest BCUT2D eigenvalue weighted by molar-refractivity contribution is 6.34. The number of halogens is 3. The lowest BCUT2D eigenvalue weighted by Crippen LogP contribution is -2.34. The van der Waals surface area contributed by atoms with Gasteiger partial charge in [-0.2, -0.15) is 0 Å². The first kappa shape index (κ1) is 22.8. The third-order valence-electron chi connectivity index (χ3n) is 4.57. The van der Waals surface area contributed by atoms with Gasteiger partial charge in [-0.3, -0.25) is 4.79 Å². The normalized spacial score (nSPS) is 15.8. The predicted octanol–water partition coefficient (Wildman–Crippen LogP) is 4.26. The van der Waals surface area contributed by atoms with Crippen LogP contribution in [0.2, 0.25) is 5.02 Å². The van der Waals surface area contributed by atoms with Crippen LogP contribution in [0.25, 0.3) is 0 Å². The van der Waals surface area contributed by atoms with E-state index in [-0.39, 0.29) is 40.4 Å². The van der Waals surface area contributed by atoms with Gasteiger partial charge in [-0.25, -0.2) is 13.6 Å². The van der Waals surface area contributed by atoms with Crippen molar-refractivity contribution in [3.8, 4) is 5.75 Å². The summed E-state index contributed by atoms with van der Waals surface area (Å²) in [5, 5.41) is 14.3. The third kappa shape index (κ3) is 5.42. The third-order valence-corrected chi connectivity index (χ3v) is 4.89. The second-order valence-corrected chi connectivity index (χ2v) is 7.77. The molecule has 3 rings (SSSR count). The highest BCUT2D eigenvalue weighted by Crippen LogP contribution is 2.31. The first-order valence-corrected chi connectivity index (χ1v) is 10.0. The fourth-order valence-corrected chi connectivity index (χ4v) is 3.31. The van der Waals surface area contributed by atoms with Crippen LogP contribution in [0.15, 0.2) is 30.3 Å². The van der Waals surface area contributed by atoms with Crippen LogP contribution in [-0.4, -0.2) is 47.2 Å². The predicted molar refractivity (Wildman–Crippen MR) is 113 cm³/mol. The highest BCUT2D eigenvalue weighted by atomic mass is 35.5. The van der Waals surface area contributed by atoms with Crippen molar-refractivity contribution in [3.05, 3.63) is 52.6 Å². The van der Waals surface area contributed by atoms with Crippen LogP contribution in [0, 0.1) is 11.6 Å². The van der Waals surface area contributed by atoms with Gasteiger partial charge in [-0.1, -0.05) is 17.7 Å². The average Bonchev–Trinajstić information content (AvgIpc) is 3.13. The zero-order valence-corrected chi connectivity index (χ0v) is 17.7. The number of para-hydroxylation sites is 1. The molecule has 1 heterocycles. The molecule has 2 aromatic rings. The molecule has 2 aromatic carbocycles. The molecule has 0 saturated carbocycles. The number of hydrogen-bond donors (Lipinski definition) is 3. The first-order valence-electron chi connectivity index (χ1n) is 9.65. The fourth-order valence-electron chi connectivity index (χ4n) is 3.10. The largest absolute Gasteiger partial charge is 0.490 e. The number of rotatable bonds is 5. The molecule has 1 unspecified atom stereocenters. The number of β-amino-alcohol motifs (C(OH)–C–C–N with tert-alkyl or cyclic N) is 1. The maximum Gasteiger partial charge on any atom is 0.322 e. The molecule has 7 nitrogen and oxygen atoms in total. The van der Waals surface area contributed by atoms with Gasteiger partial charge >= 0.3 is 6.03 Å². The Morgan fingerprint density at radius 3 is 2.58 bits per heavy atom. The number of likely N-dealkylation sites (tertiary alicyclic amines) is 1. The zero-order valence-electron chi connectivity index (χ0n) is 16.9. The first-order chi connectivity index (χ1) is 14.7. The molecule has 0 spiro atoms. The average molecular weight is 454 g/mol. The molecular formula is C21H22ClF2N3O4. The summed E-state index contributed by atoms with van der Waals surface area (Å²) in [7, 11) is 0. The molecule has 0 aliphatic carbocycles. The number of aliphatic hydroxyl groups is 1. The topological polar surface area (TPSA) is 90.9 Å². The molecule has 3 N–H and O–H groups in total. The van der Waals surface area contributed by atoms with Crippen LogP contribution in [-0.2, 0) is 0 Å². The smallest absolute Gasteiger partial charge is 0.322 e. The number of anilines is 2. The van der Waals surface area contributed by atoms with Gasteiger partial charge in [-0.05, 0) is 38.5 Å². The van der Waals surface area contributed by atoms with E-state index in [0.717, 1.165) is 12.1 Å². The van der Waals surface area contributed by atoms with E-state index in [1.54, 1.807) is 13.8 Å². The van der Waals surface area contributed by atoms with Gasteiger partial charge in [0, 0.05) is 19.2 Å². The van der Waals surface area contributed by atoms with Crippen LogP contribution in [0.5, 0.6) is 5.75 Å².